The van der Waals surface area contributed by atoms with Crippen LogP contribution in [0.2, 0.25) is 0 Å². The summed E-state index contributed by atoms with van der Waals surface area (Å²) < 4.78 is 67.5. The van der Waals surface area contributed by atoms with Crippen LogP contribution in [0.4, 0.5) is 22.0 Å². The number of rotatable bonds is 5. The lowest BCUT2D eigenvalue weighted by Gasteiger charge is -2.28. The molecule has 134 valence electrons. The topological polar surface area (TPSA) is 9.23 Å². The second kappa shape index (κ2) is 7.99. The molecule has 0 unspecified atom stereocenters. The van der Waals surface area contributed by atoms with Gasteiger partial charge >= 0.3 is 6.36 Å². The molecule has 24 heavy (non-hydrogen) atoms. The highest BCUT2D eigenvalue weighted by molar-refractivity contribution is 5.33. The Labute approximate surface area is 138 Å². The predicted octanol–water partition coefficient (Wildman–Crippen LogP) is 6.49. The minimum Gasteiger partial charge on any atom is -0.399 e. The third-order valence-electron chi connectivity index (χ3n) is 4.43. The summed E-state index contributed by atoms with van der Waals surface area (Å²) in [5, 5.41) is 0. The van der Waals surface area contributed by atoms with Crippen molar-refractivity contribution in [1.82, 2.24) is 0 Å². The van der Waals surface area contributed by atoms with Crippen LogP contribution in [-0.2, 0) is 0 Å². The van der Waals surface area contributed by atoms with Gasteiger partial charge in [-0.05, 0) is 68.1 Å². The molecule has 0 heterocycles. The van der Waals surface area contributed by atoms with E-state index in [1.54, 1.807) is 0 Å². The lowest BCUT2D eigenvalue weighted by Crippen LogP contribution is -2.19. The Kier molecular flexibility index (Phi) is 6.24. The van der Waals surface area contributed by atoms with Crippen LogP contribution < -0.4 is 4.74 Å². The molecule has 0 radical (unpaired) electrons. The van der Waals surface area contributed by atoms with E-state index in [2.05, 4.69) is 23.8 Å². The van der Waals surface area contributed by atoms with Crippen molar-refractivity contribution in [3.8, 4) is 5.75 Å². The second-order valence-electron chi connectivity index (χ2n) is 6.19. The average molecular weight is 348 g/mol. The first-order valence-electron chi connectivity index (χ1n) is 8.19. The normalized spacial score (nSPS) is 22.1. The molecule has 1 aromatic carbocycles. The molecular formula is C18H21F5O. The van der Waals surface area contributed by atoms with Crippen LogP contribution in [0.5, 0.6) is 5.75 Å². The quantitative estimate of drug-likeness (QED) is 0.436. The summed E-state index contributed by atoms with van der Waals surface area (Å²) in [5.41, 5.74) is 0.405. The molecular weight excluding hydrogens is 327 g/mol. The first-order chi connectivity index (χ1) is 11.3. The third kappa shape index (κ3) is 5.21. The fraction of sp³-hybridized carbons (Fsp3) is 0.556. The van der Waals surface area contributed by atoms with E-state index in [0.717, 1.165) is 50.7 Å². The van der Waals surface area contributed by atoms with Crippen molar-refractivity contribution in [3.63, 3.8) is 0 Å². The summed E-state index contributed by atoms with van der Waals surface area (Å²) in [6.07, 6.45) is 4.62. The summed E-state index contributed by atoms with van der Waals surface area (Å²) >= 11 is 0. The van der Waals surface area contributed by atoms with Crippen LogP contribution in [0.3, 0.4) is 0 Å². The molecule has 0 amide bonds. The Balaban J connectivity index is 2.02. The van der Waals surface area contributed by atoms with Gasteiger partial charge < -0.3 is 4.74 Å². The number of alkyl halides is 3. The maximum absolute atomic E-state index is 13.8. The van der Waals surface area contributed by atoms with Crippen molar-refractivity contribution in [2.45, 2.75) is 57.7 Å². The van der Waals surface area contributed by atoms with Gasteiger partial charge in [0.25, 0.3) is 0 Å². The van der Waals surface area contributed by atoms with E-state index < -0.39 is 23.7 Å². The zero-order chi connectivity index (χ0) is 17.7. The SMILES string of the molecule is CCC=CCC1CCC(c2cc(F)c(OC(F)(F)F)c(F)c2)CC1. The number of hydrogen-bond acceptors (Lipinski definition) is 1. The molecule has 0 spiro atoms. The average Bonchev–Trinajstić information content (AvgIpc) is 2.51. The van der Waals surface area contributed by atoms with Crippen LogP contribution >= 0.6 is 0 Å². The molecule has 2 rings (SSSR count). The van der Waals surface area contributed by atoms with Gasteiger partial charge in [-0.25, -0.2) is 8.78 Å². The monoisotopic (exact) mass is 348 g/mol. The first kappa shape index (κ1) is 18.7. The Morgan fingerprint density at radius 3 is 2.12 bits per heavy atom. The molecule has 0 aromatic heterocycles. The number of ether oxygens (including phenoxy) is 1. The summed E-state index contributed by atoms with van der Waals surface area (Å²) in [4.78, 5) is 0. The molecule has 0 atom stereocenters. The minimum atomic E-state index is -5.12. The molecule has 1 aliphatic rings. The lowest BCUT2D eigenvalue weighted by atomic mass is 9.77. The van der Waals surface area contributed by atoms with Gasteiger partial charge in [0.05, 0.1) is 0 Å². The largest absolute Gasteiger partial charge is 0.573 e. The van der Waals surface area contributed by atoms with E-state index >= 15 is 0 Å². The molecule has 6 heteroatoms. The highest BCUT2D eigenvalue weighted by Crippen LogP contribution is 2.39. The second-order valence-corrected chi connectivity index (χ2v) is 6.19. The summed E-state index contributed by atoms with van der Waals surface area (Å²) in [6.45, 7) is 2.07. The Bertz CT molecular complexity index is 548. The molecule has 1 nitrogen and oxygen atoms in total. The third-order valence-corrected chi connectivity index (χ3v) is 4.43. The van der Waals surface area contributed by atoms with Gasteiger partial charge in [-0.3, -0.25) is 0 Å². The Morgan fingerprint density at radius 2 is 1.62 bits per heavy atom. The molecule has 1 fully saturated rings. The zero-order valence-corrected chi connectivity index (χ0v) is 13.5. The van der Waals surface area contributed by atoms with Crippen LogP contribution in [0.15, 0.2) is 24.3 Å². The fourth-order valence-electron chi connectivity index (χ4n) is 3.22. The van der Waals surface area contributed by atoms with Gasteiger partial charge in [0, 0.05) is 0 Å². The summed E-state index contributed by atoms with van der Waals surface area (Å²) in [5.74, 6) is -3.47. The predicted molar refractivity (Wildman–Crippen MR) is 81.8 cm³/mol. The van der Waals surface area contributed by atoms with E-state index in [1.165, 1.54) is 0 Å². The maximum Gasteiger partial charge on any atom is 0.573 e. The van der Waals surface area contributed by atoms with Crippen molar-refractivity contribution in [2.75, 3.05) is 0 Å². The van der Waals surface area contributed by atoms with E-state index in [9.17, 15) is 22.0 Å². The van der Waals surface area contributed by atoms with Crippen LogP contribution in [0.1, 0.15) is 56.9 Å². The van der Waals surface area contributed by atoms with E-state index in [0.29, 0.717) is 11.5 Å². The highest BCUT2D eigenvalue weighted by atomic mass is 19.4. The molecule has 0 saturated heterocycles. The van der Waals surface area contributed by atoms with Gasteiger partial charge in [-0.2, -0.15) is 0 Å². The van der Waals surface area contributed by atoms with E-state index in [-0.39, 0.29) is 5.92 Å². The van der Waals surface area contributed by atoms with Crippen molar-refractivity contribution in [1.29, 1.82) is 0 Å². The summed E-state index contributed by atoms with van der Waals surface area (Å²) in [7, 11) is 0. The number of benzene rings is 1. The smallest absolute Gasteiger partial charge is 0.399 e. The molecule has 0 N–H and O–H groups in total. The van der Waals surface area contributed by atoms with E-state index in [1.807, 2.05) is 0 Å². The number of halogens is 5. The minimum absolute atomic E-state index is 0.0275. The lowest BCUT2D eigenvalue weighted by molar-refractivity contribution is -0.276. The van der Waals surface area contributed by atoms with Gasteiger partial charge in [0.2, 0.25) is 5.75 Å². The molecule has 0 bridgehead atoms. The Hall–Kier alpha value is -1.59. The maximum atomic E-state index is 13.8. The van der Waals surface area contributed by atoms with Crippen molar-refractivity contribution >= 4 is 0 Å². The van der Waals surface area contributed by atoms with Crippen LogP contribution in [-0.4, -0.2) is 6.36 Å². The van der Waals surface area contributed by atoms with Crippen LogP contribution in [0, 0.1) is 17.6 Å². The molecule has 0 aliphatic heterocycles. The van der Waals surface area contributed by atoms with Crippen LogP contribution in [0.25, 0.3) is 0 Å². The molecule has 1 aromatic rings. The number of allylic oxidation sites excluding steroid dienone is 2. The Morgan fingerprint density at radius 1 is 1.04 bits per heavy atom. The van der Waals surface area contributed by atoms with Crippen molar-refractivity contribution in [3.05, 3.63) is 41.5 Å². The highest BCUT2D eigenvalue weighted by Gasteiger charge is 2.34. The standard InChI is InChI=1S/C18H21F5O/c1-2-3-4-5-12-6-8-13(9-7-12)14-10-15(19)17(16(20)11-14)24-18(21,22)23/h3-4,10-13H,2,5-9H2,1H3. The van der Waals surface area contributed by atoms with Crippen molar-refractivity contribution < 1.29 is 26.7 Å². The van der Waals surface area contributed by atoms with Gasteiger partial charge in [0.15, 0.2) is 11.6 Å². The van der Waals surface area contributed by atoms with Crippen molar-refractivity contribution in [2.24, 2.45) is 5.92 Å². The van der Waals surface area contributed by atoms with Gasteiger partial charge in [-0.1, -0.05) is 19.1 Å². The summed E-state index contributed by atoms with van der Waals surface area (Å²) in [6, 6.07) is 1.93. The van der Waals surface area contributed by atoms with Gasteiger partial charge in [-0.15, -0.1) is 13.2 Å². The van der Waals surface area contributed by atoms with Gasteiger partial charge in [0.1, 0.15) is 0 Å². The number of hydrogen-bond donors (Lipinski definition) is 0. The molecule has 1 saturated carbocycles. The zero-order valence-electron chi connectivity index (χ0n) is 13.5. The van der Waals surface area contributed by atoms with E-state index in [4.69, 9.17) is 0 Å². The fourth-order valence-corrected chi connectivity index (χ4v) is 3.22. The first-order valence-corrected chi connectivity index (χ1v) is 8.19. The molecule has 1 aliphatic carbocycles.